The van der Waals surface area contributed by atoms with Crippen LogP contribution in [-0.4, -0.2) is 85.2 Å². The van der Waals surface area contributed by atoms with Crippen LogP contribution in [0.2, 0.25) is 0 Å². The number of aliphatic hydroxyl groups is 2. The largest absolute Gasteiger partial charge is 0.493 e. The number of nitrogens with zero attached hydrogens (tertiary/aromatic N) is 2. The van der Waals surface area contributed by atoms with Gasteiger partial charge >= 0.3 is 17.9 Å². The van der Waals surface area contributed by atoms with Gasteiger partial charge in [0.25, 0.3) is 0 Å². The van der Waals surface area contributed by atoms with E-state index < -0.39 is 42.0 Å². The lowest BCUT2D eigenvalue weighted by Gasteiger charge is -2.29. The lowest BCUT2D eigenvalue weighted by Crippen LogP contribution is -2.42. The van der Waals surface area contributed by atoms with E-state index >= 15 is 0 Å². The van der Waals surface area contributed by atoms with Crippen LogP contribution in [0.4, 0.5) is 0 Å². The van der Waals surface area contributed by atoms with Gasteiger partial charge in [-0.05, 0) is 74.3 Å². The molecule has 3 atom stereocenters. The Kier molecular flexibility index (Phi) is 10.3. The fourth-order valence-electron chi connectivity index (χ4n) is 6.52. The molecule has 0 amide bonds. The number of carboxylic acids is 3. The molecule has 5 rings (SSSR count). The van der Waals surface area contributed by atoms with Gasteiger partial charge < -0.3 is 35.0 Å². The molecule has 0 unspecified atom stereocenters. The Morgan fingerprint density at radius 2 is 1.70 bits per heavy atom. The number of hydrogen-bond acceptors (Lipinski definition) is 9. The van der Waals surface area contributed by atoms with Crippen LogP contribution in [0.25, 0.3) is 0 Å². The molecule has 0 radical (unpaired) electrons. The number of aliphatic carboxylic acids is 3. The number of likely N-dealkylation sites (tertiary alicyclic amines) is 1. The molecular weight excluding hydrogens is 560 g/mol. The second-order valence-corrected chi connectivity index (χ2v) is 11.7. The van der Waals surface area contributed by atoms with Crippen LogP contribution in [0, 0.1) is 11.8 Å². The van der Waals surface area contributed by atoms with E-state index in [0.717, 1.165) is 62.5 Å². The molecule has 0 spiro atoms. The summed E-state index contributed by atoms with van der Waals surface area (Å²) in [4.78, 5) is 37.4. The number of ether oxygens (including phenoxy) is 2. The highest BCUT2D eigenvalue weighted by Gasteiger charge is 2.53. The van der Waals surface area contributed by atoms with Crippen molar-refractivity contribution in [1.29, 1.82) is 0 Å². The van der Waals surface area contributed by atoms with Crippen molar-refractivity contribution >= 4 is 17.9 Å². The smallest absolute Gasteiger partial charge is 0.336 e. The first kappa shape index (κ1) is 32.2. The maximum Gasteiger partial charge on any atom is 0.336 e. The first-order chi connectivity index (χ1) is 20.4. The quantitative estimate of drug-likeness (QED) is 0.254. The van der Waals surface area contributed by atoms with Crippen LogP contribution in [0.1, 0.15) is 62.6 Å². The Balaban J connectivity index is 0.000000277. The summed E-state index contributed by atoms with van der Waals surface area (Å²) in [6.07, 6.45) is 6.49. The zero-order valence-electron chi connectivity index (χ0n) is 24.2. The molecule has 1 aromatic carbocycles. The van der Waals surface area contributed by atoms with Crippen molar-refractivity contribution in [3.63, 3.8) is 0 Å². The van der Waals surface area contributed by atoms with Crippen molar-refractivity contribution < 1.29 is 49.4 Å². The molecule has 1 aromatic heterocycles. The summed E-state index contributed by atoms with van der Waals surface area (Å²) >= 11 is 0. The molecule has 2 saturated carbocycles. The summed E-state index contributed by atoms with van der Waals surface area (Å²) in [5.74, 6) is -2.56. The van der Waals surface area contributed by atoms with Crippen LogP contribution in [-0.2, 0) is 26.5 Å². The monoisotopic (exact) mass is 600 g/mol. The van der Waals surface area contributed by atoms with E-state index in [1.165, 1.54) is 18.4 Å². The van der Waals surface area contributed by atoms with E-state index in [4.69, 9.17) is 29.9 Å². The van der Waals surface area contributed by atoms with Crippen LogP contribution in [0.3, 0.4) is 0 Å². The molecule has 0 bridgehead atoms. The minimum absolute atomic E-state index is 0.249. The zero-order valence-corrected chi connectivity index (χ0v) is 24.2. The molecule has 2 aromatic rings. The highest BCUT2D eigenvalue weighted by atomic mass is 16.5. The van der Waals surface area contributed by atoms with Gasteiger partial charge in [-0.2, -0.15) is 0 Å². The fraction of sp³-hybridized carbons (Fsp3) is 0.548. The second-order valence-electron chi connectivity index (χ2n) is 11.7. The molecule has 234 valence electrons. The van der Waals surface area contributed by atoms with E-state index in [9.17, 15) is 19.5 Å². The minimum atomic E-state index is -2.74. The average molecular weight is 601 g/mol. The van der Waals surface area contributed by atoms with E-state index in [0.29, 0.717) is 12.0 Å². The molecule has 5 N–H and O–H groups in total. The van der Waals surface area contributed by atoms with Crippen LogP contribution in [0.15, 0.2) is 42.6 Å². The molecule has 43 heavy (non-hydrogen) atoms. The third-order valence-electron chi connectivity index (χ3n) is 8.65. The first-order valence-electron chi connectivity index (χ1n) is 14.5. The summed E-state index contributed by atoms with van der Waals surface area (Å²) < 4.78 is 11.8. The molecule has 1 aliphatic heterocycles. The number of carboxylic acid groups (broad SMARTS) is 3. The van der Waals surface area contributed by atoms with E-state index in [1.807, 2.05) is 18.2 Å². The Labute approximate surface area is 249 Å². The molecule has 12 heteroatoms. The topological polar surface area (TPSA) is 187 Å². The Morgan fingerprint density at radius 3 is 2.28 bits per heavy atom. The number of aromatic nitrogens is 1. The zero-order chi connectivity index (χ0) is 31.2. The first-order valence-corrected chi connectivity index (χ1v) is 14.5. The van der Waals surface area contributed by atoms with Crippen LogP contribution in [0.5, 0.6) is 11.5 Å². The summed E-state index contributed by atoms with van der Waals surface area (Å²) in [7, 11) is 1.72. The summed E-state index contributed by atoms with van der Waals surface area (Å²) in [5, 5.41) is 45.3. The number of methoxy groups -OCH3 is 1. The standard InChI is InChI=1S/C25H32N2O3.C6H8O7/c1-29-23-14-18(9-10-22(23)30-20-6-2-3-7-20)15-27-16-19-11-12-25(28,21(19)17-27)24-8-4-5-13-26-24;7-3(8)1-6(13,5(11)12)2-4(9)10/h4-5,8-10,13-14,19-21,28H,2-3,6-7,11-12,15-17H2,1H3;13H,1-2H2,(H,7,8)(H,9,10)(H,11,12)/t19-,21+,25-;/m0./s1. The van der Waals surface area contributed by atoms with Gasteiger partial charge in [0.2, 0.25) is 0 Å². The van der Waals surface area contributed by atoms with Gasteiger partial charge in [-0.3, -0.25) is 19.5 Å². The summed E-state index contributed by atoms with van der Waals surface area (Å²) in [6, 6.07) is 12.2. The maximum atomic E-state index is 11.4. The highest BCUT2D eigenvalue weighted by Crippen LogP contribution is 2.50. The molecular formula is C31H40N2O10. The van der Waals surface area contributed by atoms with Crippen LogP contribution < -0.4 is 9.47 Å². The van der Waals surface area contributed by atoms with Crippen molar-refractivity contribution in [2.75, 3.05) is 20.2 Å². The molecule has 1 saturated heterocycles. The Morgan fingerprint density at radius 1 is 1.00 bits per heavy atom. The Bertz CT molecular complexity index is 1270. The lowest BCUT2D eigenvalue weighted by atomic mass is 9.85. The summed E-state index contributed by atoms with van der Waals surface area (Å²) in [6.45, 7) is 2.80. The van der Waals surface area contributed by atoms with E-state index in [2.05, 4.69) is 28.1 Å². The third-order valence-corrected chi connectivity index (χ3v) is 8.65. The number of pyridine rings is 1. The molecule has 12 nitrogen and oxygen atoms in total. The van der Waals surface area contributed by atoms with Crippen molar-refractivity contribution in [3.05, 3.63) is 53.9 Å². The summed E-state index contributed by atoms with van der Waals surface area (Å²) in [5.41, 5.74) is -1.48. The minimum Gasteiger partial charge on any atom is -0.493 e. The average Bonchev–Trinajstić information content (AvgIpc) is 3.69. The number of rotatable bonds is 11. The number of carbonyl (C=O) groups is 3. The van der Waals surface area contributed by atoms with Gasteiger partial charge in [-0.25, -0.2) is 4.79 Å². The normalized spacial score (nSPS) is 23.7. The molecule has 3 fully saturated rings. The van der Waals surface area contributed by atoms with Crippen molar-refractivity contribution in [2.45, 2.75) is 75.2 Å². The number of benzene rings is 1. The maximum absolute atomic E-state index is 11.4. The number of fused-ring (bicyclic) bond motifs is 1. The predicted octanol–water partition coefficient (Wildman–Crippen LogP) is 2.89. The van der Waals surface area contributed by atoms with Gasteiger partial charge in [0.1, 0.15) is 5.60 Å². The SMILES string of the molecule is COc1cc(CN2C[C@@H]3CC[C@@](O)(c4ccccn4)[C@@H]3C2)ccc1OC1CCCC1.O=C(O)CC(O)(CC(=O)O)C(=O)O. The van der Waals surface area contributed by atoms with Crippen molar-refractivity contribution in [1.82, 2.24) is 9.88 Å². The van der Waals surface area contributed by atoms with Crippen LogP contribution >= 0.6 is 0 Å². The predicted molar refractivity (Wildman–Crippen MR) is 153 cm³/mol. The molecule has 2 heterocycles. The lowest BCUT2D eigenvalue weighted by molar-refractivity contribution is -0.170. The van der Waals surface area contributed by atoms with Crippen molar-refractivity contribution in [3.8, 4) is 11.5 Å². The van der Waals surface area contributed by atoms with Gasteiger partial charge in [-0.1, -0.05) is 12.1 Å². The van der Waals surface area contributed by atoms with E-state index in [-0.39, 0.29) is 5.92 Å². The second kappa shape index (κ2) is 13.7. The van der Waals surface area contributed by atoms with Gasteiger partial charge in [0.05, 0.1) is 31.7 Å². The van der Waals surface area contributed by atoms with E-state index in [1.54, 1.807) is 13.3 Å². The van der Waals surface area contributed by atoms with Gasteiger partial charge in [-0.15, -0.1) is 0 Å². The Hall–Kier alpha value is -3.74. The number of hydrogen-bond donors (Lipinski definition) is 5. The highest BCUT2D eigenvalue weighted by molar-refractivity contribution is 5.88. The molecule has 3 aliphatic rings. The third kappa shape index (κ3) is 7.81. The van der Waals surface area contributed by atoms with Gasteiger partial charge in [0.15, 0.2) is 17.1 Å². The molecule has 2 aliphatic carbocycles. The van der Waals surface area contributed by atoms with Gasteiger partial charge in [0, 0.05) is 31.7 Å². The van der Waals surface area contributed by atoms with Crippen molar-refractivity contribution in [2.24, 2.45) is 11.8 Å². The fourth-order valence-corrected chi connectivity index (χ4v) is 6.52.